The fraction of sp³-hybridized carbons (Fsp3) is 0.474. The fourth-order valence-corrected chi connectivity index (χ4v) is 4.05. The van der Waals surface area contributed by atoms with E-state index >= 15 is 0 Å². The number of carbonyl (C=O) groups is 2. The van der Waals surface area contributed by atoms with Crippen LogP contribution in [0.1, 0.15) is 30.0 Å². The number of hydrogen-bond donors (Lipinski definition) is 1. The number of nitrogens with zero attached hydrogens (tertiary/aromatic N) is 1. The minimum absolute atomic E-state index is 0.00388. The molecule has 24 heavy (non-hydrogen) atoms. The van der Waals surface area contributed by atoms with Gasteiger partial charge in [0, 0.05) is 24.0 Å². The van der Waals surface area contributed by atoms with Crippen molar-refractivity contribution < 1.29 is 19.1 Å². The molecule has 4 rings (SSSR count). The lowest BCUT2D eigenvalue weighted by Crippen LogP contribution is -2.31. The van der Waals surface area contributed by atoms with E-state index in [-0.39, 0.29) is 18.2 Å². The third-order valence-corrected chi connectivity index (χ3v) is 5.49. The van der Waals surface area contributed by atoms with Crippen molar-refractivity contribution in [1.29, 1.82) is 0 Å². The van der Waals surface area contributed by atoms with Gasteiger partial charge in [-0.15, -0.1) is 0 Å². The van der Waals surface area contributed by atoms with Gasteiger partial charge < -0.3 is 14.4 Å². The van der Waals surface area contributed by atoms with Crippen LogP contribution in [0.3, 0.4) is 0 Å². The van der Waals surface area contributed by atoms with Crippen LogP contribution < -0.4 is 0 Å². The second-order valence-corrected chi connectivity index (χ2v) is 7.13. The maximum absolute atomic E-state index is 12.6. The number of hydrogen-bond acceptors (Lipinski definition) is 3. The van der Waals surface area contributed by atoms with Crippen LogP contribution in [0.15, 0.2) is 22.8 Å². The van der Waals surface area contributed by atoms with Gasteiger partial charge in [0.15, 0.2) is 0 Å². The molecule has 1 aliphatic carbocycles. The number of amides is 1. The van der Waals surface area contributed by atoms with Crippen molar-refractivity contribution in [3.63, 3.8) is 0 Å². The Morgan fingerprint density at radius 3 is 2.71 bits per heavy atom. The molecule has 1 saturated heterocycles. The predicted molar refractivity (Wildman–Crippen MR) is 88.8 cm³/mol. The number of furan rings is 1. The highest BCUT2D eigenvalue weighted by molar-refractivity contribution is 5.89. The molecule has 126 valence electrons. The molecule has 5 heteroatoms. The number of benzene rings is 1. The van der Waals surface area contributed by atoms with E-state index < -0.39 is 11.9 Å². The van der Waals surface area contributed by atoms with Crippen LogP contribution in [-0.2, 0) is 28.9 Å². The van der Waals surface area contributed by atoms with E-state index in [2.05, 4.69) is 12.1 Å². The van der Waals surface area contributed by atoms with Crippen molar-refractivity contribution >= 4 is 22.8 Å². The Morgan fingerprint density at radius 1 is 1.25 bits per heavy atom. The van der Waals surface area contributed by atoms with Crippen LogP contribution in [0.2, 0.25) is 0 Å². The quantitative estimate of drug-likeness (QED) is 0.941. The normalized spacial score (nSPS) is 23.0. The molecule has 1 amide bonds. The molecule has 0 unspecified atom stereocenters. The second kappa shape index (κ2) is 5.65. The van der Waals surface area contributed by atoms with Gasteiger partial charge in [-0.25, -0.2) is 0 Å². The first-order valence-corrected chi connectivity index (χ1v) is 8.55. The third-order valence-electron chi connectivity index (χ3n) is 5.49. The number of rotatable bonds is 3. The summed E-state index contributed by atoms with van der Waals surface area (Å²) in [5, 5.41) is 10.2. The molecule has 2 aliphatic rings. The Kier molecular flexibility index (Phi) is 3.59. The summed E-state index contributed by atoms with van der Waals surface area (Å²) in [5.41, 5.74) is 4.46. The van der Waals surface area contributed by atoms with E-state index in [4.69, 9.17) is 4.42 Å². The smallest absolute Gasteiger partial charge is 0.308 e. The number of aliphatic carboxylic acids is 1. The number of carboxylic acids is 1. The summed E-state index contributed by atoms with van der Waals surface area (Å²) in [5.74, 6) is -1.30. The highest BCUT2D eigenvalue weighted by Crippen LogP contribution is 2.31. The van der Waals surface area contributed by atoms with E-state index in [9.17, 15) is 14.7 Å². The molecule has 1 fully saturated rings. The van der Waals surface area contributed by atoms with Crippen molar-refractivity contribution in [3.05, 3.63) is 35.1 Å². The summed E-state index contributed by atoms with van der Waals surface area (Å²) < 4.78 is 5.65. The number of carbonyl (C=O) groups excluding carboxylic acids is 1. The largest absolute Gasteiger partial charge is 0.481 e. The summed E-state index contributed by atoms with van der Waals surface area (Å²) in [4.78, 5) is 25.5. The SMILES string of the molecule is C[C@@H]1CN(C(=O)Cc2coc3cc4c(cc23)CCC4)C[C@H]1C(=O)O. The Labute approximate surface area is 140 Å². The van der Waals surface area contributed by atoms with E-state index in [1.54, 1.807) is 11.2 Å². The first-order chi connectivity index (χ1) is 11.5. The highest BCUT2D eigenvalue weighted by Gasteiger charge is 2.36. The summed E-state index contributed by atoms with van der Waals surface area (Å²) in [6, 6.07) is 4.26. The van der Waals surface area contributed by atoms with Gasteiger partial charge in [-0.2, -0.15) is 0 Å². The summed E-state index contributed by atoms with van der Waals surface area (Å²) in [7, 11) is 0. The van der Waals surface area contributed by atoms with E-state index in [0.717, 1.165) is 29.4 Å². The minimum Gasteiger partial charge on any atom is -0.481 e. The molecule has 1 aliphatic heterocycles. The average molecular weight is 327 g/mol. The number of likely N-dealkylation sites (tertiary alicyclic amines) is 1. The van der Waals surface area contributed by atoms with Crippen LogP contribution in [0.4, 0.5) is 0 Å². The lowest BCUT2D eigenvalue weighted by Gasteiger charge is -2.15. The zero-order valence-electron chi connectivity index (χ0n) is 13.7. The molecular weight excluding hydrogens is 306 g/mol. The van der Waals surface area contributed by atoms with Crippen molar-refractivity contribution in [2.45, 2.75) is 32.6 Å². The first-order valence-electron chi connectivity index (χ1n) is 8.55. The Hall–Kier alpha value is -2.30. The lowest BCUT2D eigenvalue weighted by molar-refractivity contribution is -0.142. The van der Waals surface area contributed by atoms with Gasteiger partial charge >= 0.3 is 5.97 Å². The molecule has 5 nitrogen and oxygen atoms in total. The lowest BCUT2D eigenvalue weighted by atomic mass is 9.99. The molecule has 0 radical (unpaired) electrons. The maximum atomic E-state index is 12.6. The van der Waals surface area contributed by atoms with Gasteiger partial charge in [0.2, 0.25) is 5.91 Å². The standard InChI is InChI=1S/C19H21NO4/c1-11-8-20(9-16(11)19(22)23)18(21)7-14-10-24-17-6-13-4-2-3-12(13)5-15(14)17/h5-6,10-11,16H,2-4,7-9H2,1H3,(H,22,23)/t11-,16-/m1/s1. The van der Waals surface area contributed by atoms with Gasteiger partial charge in [-0.3, -0.25) is 9.59 Å². The van der Waals surface area contributed by atoms with Crippen LogP contribution in [0.25, 0.3) is 11.0 Å². The van der Waals surface area contributed by atoms with Crippen molar-refractivity contribution in [1.82, 2.24) is 4.90 Å². The molecule has 0 bridgehead atoms. The minimum atomic E-state index is -0.817. The number of fused-ring (bicyclic) bond motifs is 2. The van der Waals surface area contributed by atoms with Crippen LogP contribution in [-0.4, -0.2) is 35.0 Å². The summed E-state index contributed by atoms with van der Waals surface area (Å²) in [6.07, 6.45) is 5.31. The van der Waals surface area contributed by atoms with Gasteiger partial charge in [0.05, 0.1) is 18.6 Å². The number of carboxylic acid groups (broad SMARTS) is 1. The average Bonchev–Trinajstić information content (AvgIpc) is 3.23. The number of aryl methyl sites for hydroxylation is 2. The van der Waals surface area contributed by atoms with Gasteiger partial charge in [-0.05, 0) is 48.4 Å². The molecule has 2 heterocycles. The summed E-state index contributed by atoms with van der Waals surface area (Å²) in [6.45, 7) is 2.71. The van der Waals surface area contributed by atoms with Crippen molar-refractivity contribution in [2.24, 2.45) is 11.8 Å². The Bertz CT molecular complexity index is 822. The first kappa shape index (κ1) is 15.2. The van der Waals surface area contributed by atoms with Crippen molar-refractivity contribution in [3.8, 4) is 0 Å². The molecule has 2 aromatic rings. The van der Waals surface area contributed by atoms with E-state index in [0.29, 0.717) is 13.1 Å². The topological polar surface area (TPSA) is 70.8 Å². The summed E-state index contributed by atoms with van der Waals surface area (Å²) >= 11 is 0. The van der Waals surface area contributed by atoms with Crippen LogP contribution in [0, 0.1) is 11.8 Å². The Morgan fingerprint density at radius 2 is 2.00 bits per heavy atom. The predicted octanol–water partition coefficient (Wildman–Crippen LogP) is 2.64. The molecule has 2 atom stereocenters. The van der Waals surface area contributed by atoms with Gasteiger partial charge in [0.25, 0.3) is 0 Å². The third kappa shape index (κ3) is 2.48. The highest BCUT2D eigenvalue weighted by atomic mass is 16.4. The van der Waals surface area contributed by atoms with Crippen LogP contribution in [0.5, 0.6) is 0 Å². The fourth-order valence-electron chi connectivity index (χ4n) is 4.05. The van der Waals surface area contributed by atoms with Crippen LogP contribution >= 0.6 is 0 Å². The molecule has 1 aromatic carbocycles. The van der Waals surface area contributed by atoms with Crippen molar-refractivity contribution in [2.75, 3.05) is 13.1 Å². The zero-order valence-corrected chi connectivity index (χ0v) is 13.7. The van der Waals surface area contributed by atoms with E-state index in [1.165, 1.54) is 17.5 Å². The molecular formula is C19H21NO4. The molecule has 1 aromatic heterocycles. The zero-order chi connectivity index (χ0) is 16.8. The Balaban J connectivity index is 1.54. The molecule has 0 spiro atoms. The van der Waals surface area contributed by atoms with Gasteiger partial charge in [0.1, 0.15) is 5.58 Å². The van der Waals surface area contributed by atoms with E-state index in [1.807, 2.05) is 6.92 Å². The maximum Gasteiger partial charge on any atom is 0.308 e. The molecule has 0 saturated carbocycles. The van der Waals surface area contributed by atoms with Gasteiger partial charge in [-0.1, -0.05) is 6.92 Å². The monoisotopic (exact) mass is 327 g/mol. The molecule has 1 N–H and O–H groups in total. The second-order valence-electron chi connectivity index (χ2n) is 7.13.